The zero-order chi connectivity index (χ0) is 7.84. The highest BCUT2D eigenvalue weighted by molar-refractivity contribution is 7.15. The van der Waals surface area contributed by atoms with E-state index < -0.39 is 5.97 Å². The summed E-state index contributed by atoms with van der Waals surface area (Å²) in [4.78, 5) is 11.5. The summed E-state index contributed by atoms with van der Waals surface area (Å²) >= 11 is 1.43. The maximum absolute atomic E-state index is 10.6. The molecule has 0 aliphatic heterocycles. The fraction of sp³-hybridized carbons (Fsp3) is 0. The molecule has 0 aliphatic carbocycles. The monoisotopic (exact) mass is 167 g/mol. The molecule has 56 valence electrons. The molecule has 0 saturated heterocycles. The normalized spacial score (nSPS) is 10.5. The summed E-state index contributed by atoms with van der Waals surface area (Å²) < 4.78 is 1.66. The molecular formula is C7H5NO2S. The predicted molar refractivity (Wildman–Crippen MR) is 42.2 cm³/mol. The summed E-state index contributed by atoms with van der Waals surface area (Å²) in [6, 6.07) is 3.72. The molecule has 0 unspecified atom stereocenters. The van der Waals surface area contributed by atoms with E-state index in [4.69, 9.17) is 5.11 Å². The van der Waals surface area contributed by atoms with Crippen LogP contribution in [0.1, 0.15) is 10.5 Å². The molecule has 0 bridgehead atoms. The molecule has 2 aromatic heterocycles. The van der Waals surface area contributed by atoms with Crippen molar-refractivity contribution in [2.45, 2.75) is 0 Å². The van der Waals surface area contributed by atoms with E-state index in [1.54, 1.807) is 16.0 Å². The average Bonchev–Trinajstić information content (AvgIpc) is 2.41. The Labute approximate surface area is 66.5 Å². The van der Waals surface area contributed by atoms with Crippen molar-refractivity contribution in [2.24, 2.45) is 0 Å². The Morgan fingerprint density at radius 2 is 2.45 bits per heavy atom. The molecule has 0 aromatic carbocycles. The minimum atomic E-state index is -0.882. The Balaban J connectivity index is 2.78. The van der Waals surface area contributed by atoms with Crippen molar-refractivity contribution in [2.75, 3.05) is 0 Å². The van der Waals surface area contributed by atoms with Crippen molar-refractivity contribution in [1.29, 1.82) is 0 Å². The van der Waals surface area contributed by atoms with Crippen LogP contribution in [0.25, 0.3) is 4.83 Å². The number of carboxylic acid groups (broad SMARTS) is 1. The second kappa shape index (κ2) is 2.10. The first-order valence-electron chi connectivity index (χ1n) is 3.07. The van der Waals surface area contributed by atoms with Gasteiger partial charge in [0.1, 0.15) is 5.69 Å². The third-order valence-corrected chi connectivity index (χ3v) is 2.40. The van der Waals surface area contributed by atoms with Crippen molar-refractivity contribution in [3.8, 4) is 0 Å². The van der Waals surface area contributed by atoms with Crippen LogP contribution in [-0.2, 0) is 0 Å². The van der Waals surface area contributed by atoms with Gasteiger partial charge >= 0.3 is 5.97 Å². The highest BCUT2D eigenvalue weighted by Crippen LogP contribution is 2.16. The lowest BCUT2D eigenvalue weighted by atomic mass is 10.5. The number of nitrogens with zero attached hydrogens (tertiary/aromatic N) is 1. The number of hydrogen-bond acceptors (Lipinski definition) is 2. The maximum Gasteiger partial charge on any atom is 0.353 e. The number of thiazole rings is 1. The number of aromatic nitrogens is 1. The van der Waals surface area contributed by atoms with Crippen molar-refractivity contribution in [3.05, 3.63) is 29.4 Å². The van der Waals surface area contributed by atoms with E-state index in [2.05, 4.69) is 0 Å². The van der Waals surface area contributed by atoms with Crippen LogP contribution < -0.4 is 0 Å². The molecule has 0 radical (unpaired) electrons. The predicted octanol–water partition coefficient (Wildman–Crippen LogP) is 1.70. The molecule has 3 nitrogen and oxygen atoms in total. The van der Waals surface area contributed by atoms with Crippen LogP contribution in [0.5, 0.6) is 0 Å². The lowest BCUT2D eigenvalue weighted by Crippen LogP contribution is -1.98. The van der Waals surface area contributed by atoms with E-state index in [-0.39, 0.29) is 0 Å². The molecular weight excluding hydrogens is 162 g/mol. The summed E-state index contributed by atoms with van der Waals surface area (Å²) in [5.74, 6) is -0.882. The van der Waals surface area contributed by atoms with Gasteiger partial charge in [-0.15, -0.1) is 11.3 Å². The average molecular weight is 167 g/mol. The number of hydrogen-bond donors (Lipinski definition) is 1. The number of rotatable bonds is 1. The Morgan fingerprint density at radius 3 is 3.18 bits per heavy atom. The van der Waals surface area contributed by atoms with Crippen molar-refractivity contribution in [1.82, 2.24) is 4.40 Å². The Hall–Kier alpha value is -1.29. The molecule has 2 aromatic rings. The molecule has 2 heterocycles. The van der Waals surface area contributed by atoms with Gasteiger partial charge in [0.05, 0.1) is 4.83 Å². The summed E-state index contributed by atoms with van der Waals surface area (Å²) in [7, 11) is 0. The number of aromatic carboxylic acids is 1. The number of carbonyl (C=O) groups is 1. The van der Waals surface area contributed by atoms with Crippen molar-refractivity contribution >= 4 is 22.1 Å². The van der Waals surface area contributed by atoms with Crippen LogP contribution in [-0.4, -0.2) is 15.5 Å². The molecule has 2 rings (SSSR count). The second-order valence-corrected chi connectivity index (χ2v) is 3.03. The van der Waals surface area contributed by atoms with E-state index in [0.29, 0.717) is 5.69 Å². The largest absolute Gasteiger partial charge is 0.477 e. The molecule has 11 heavy (non-hydrogen) atoms. The zero-order valence-corrected chi connectivity index (χ0v) is 6.34. The van der Waals surface area contributed by atoms with Gasteiger partial charge in [0, 0.05) is 11.6 Å². The van der Waals surface area contributed by atoms with E-state index in [1.807, 2.05) is 12.1 Å². The van der Waals surface area contributed by atoms with Crippen LogP contribution in [0.2, 0.25) is 0 Å². The molecule has 0 spiro atoms. The first-order chi connectivity index (χ1) is 5.29. The molecule has 4 heteroatoms. The van der Waals surface area contributed by atoms with E-state index in [0.717, 1.165) is 4.83 Å². The van der Waals surface area contributed by atoms with Gasteiger partial charge in [-0.25, -0.2) is 4.79 Å². The Morgan fingerprint density at radius 1 is 1.64 bits per heavy atom. The van der Waals surface area contributed by atoms with Crippen LogP contribution in [0, 0.1) is 0 Å². The molecule has 1 N–H and O–H groups in total. The summed E-state index contributed by atoms with van der Waals surface area (Å²) in [5, 5.41) is 10.3. The van der Waals surface area contributed by atoms with Gasteiger partial charge in [-0.3, -0.25) is 0 Å². The van der Waals surface area contributed by atoms with E-state index >= 15 is 0 Å². The van der Waals surface area contributed by atoms with Gasteiger partial charge in [-0.05, 0) is 12.1 Å². The number of carboxylic acids is 1. The Kier molecular flexibility index (Phi) is 1.22. The van der Waals surface area contributed by atoms with Crippen LogP contribution in [0.4, 0.5) is 0 Å². The fourth-order valence-electron chi connectivity index (χ4n) is 0.987. The maximum atomic E-state index is 10.6. The summed E-state index contributed by atoms with van der Waals surface area (Å²) in [6.07, 6.45) is 1.75. The quantitative estimate of drug-likeness (QED) is 0.702. The second-order valence-electron chi connectivity index (χ2n) is 2.14. The zero-order valence-electron chi connectivity index (χ0n) is 5.52. The SMILES string of the molecule is O=C(O)c1csc2cccn12. The molecule has 0 aliphatic rings. The van der Waals surface area contributed by atoms with Gasteiger partial charge in [-0.2, -0.15) is 0 Å². The fourth-order valence-corrected chi connectivity index (χ4v) is 1.86. The summed E-state index contributed by atoms with van der Waals surface area (Å²) in [5.41, 5.74) is 0.329. The third kappa shape index (κ3) is 0.832. The minimum absolute atomic E-state index is 0.329. The minimum Gasteiger partial charge on any atom is -0.477 e. The van der Waals surface area contributed by atoms with Crippen molar-refractivity contribution in [3.63, 3.8) is 0 Å². The first-order valence-corrected chi connectivity index (χ1v) is 3.95. The first kappa shape index (κ1) is 6.42. The smallest absolute Gasteiger partial charge is 0.353 e. The van der Waals surface area contributed by atoms with Gasteiger partial charge < -0.3 is 9.51 Å². The van der Waals surface area contributed by atoms with Gasteiger partial charge in [-0.1, -0.05) is 0 Å². The molecule has 0 fully saturated rings. The van der Waals surface area contributed by atoms with E-state index in [1.165, 1.54) is 11.3 Å². The Bertz CT molecular complexity index is 401. The standard InChI is InChI=1S/C7H5NO2S/c9-7(10)5-4-11-6-2-1-3-8(5)6/h1-4H,(H,9,10). The lowest BCUT2D eigenvalue weighted by Gasteiger charge is -1.88. The highest BCUT2D eigenvalue weighted by atomic mass is 32.1. The summed E-state index contributed by atoms with van der Waals surface area (Å²) in [6.45, 7) is 0. The van der Waals surface area contributed by atoms with Crippen molar-refractivity contribution < 1.29 is 9.90 Å². The molecule has 0 amide bonds. The molecule has 0 saturated carbocycles. The lowest BCUT2D eigenvalue weighted by molar-refractivity contribution is 0.0689. The van der Waals surface area contributed by atoms with Crippen LogP contribution in [0.15, 0.2) is 23.7 Å². The third-order valence-electron chi connectivity index (χ3n) is 1.48. The number of fused-ring (bicyclic) bond motifs is 1. The highest BCUT2D eigenvalue weighted by Gasteiger charge is 2.08. The topological polar surface area (TPSA) is 41.7 Å². The van der Waals surface area contributed by atoms with Gasteiger partial charge in [0.2, 0.25) is 0 Å². The van der Waals surface area contributed by atoms with Gasteiger partial charge in [0.25, 0.3) is 0 Å². The van der Waals surface area contributed by atoms with Crippen LogP contribution in [0.3, 0.4) is 0 Å². The van der Waals surface area contributed by atoms with Gasteiger partial charge in [0.15, 0.2) is 0 Å². The molecule has 0 atom stereocenters. The van der Waals surface area contributed by atoms with E-state index in [9.17, 15) is 4.79 Å². The van der Waals surface area contributed by atoms with Crippen LogP contribution >= 0.6 is 11.3 Å².